The first-order valence-electron chi connectivity index (χ1n) is 4.80. The normalized spacial score (nSPS) is 12.1. The standard InChI is InChI=1S/C12H15NO2/c1-2-11(14)12(15)7-9-5-3-4-6-10(9)8-13/h2-6,12,15H,1,7-8,13H2. The lowest BCUT2D eigenvalue weighted by molar-refractivity contribution is -0.122. The van der Waals surface area contributed by atoms with Gasteiger partial charge < -0.3 is 10.8 Å². The second-order valence-electron chi connectivity index (χ2n) is 3.30. The van der Waals surface area contributed by atoms with Crippen molar-refractivity contribution in [2.45, 2.75) is 19.1 Å². The number of rotatable bonds is 5. The number of nitrogens with two attached hydrogens (primary N) is 1. The molecule has 0 saturated heterocycles. The maximum Gasteiger partial charge on any atom is 0.183 e. The van der Waals surface area contributed by atoms with Gasteiger partial charge in [0.1, 0.15) is 6.10 Å². The first-order valence-corrected chi connectivity index (χ1v) is 4.80. The Balaban J connectivity index is 2.79. The number of benzene rings is 1. The number of ketones is 1. The molecule has 3 nitrogen and oxygen atoms in total. The molecule has 0 spiro atoms. The second kappa shape index (κ2) is 5.44. The average molecular weight is 205 g/mol. The largest absolute Gasteiger partial charge is 0.385 e. The lowest BCUT2D eigenvalue weighted by atomic mass is 10.00. The van der Waals surface area contributed by atoms with E-state index in [0.29, 0.717) is 6.54 Å². The van der Waals surface area contributed by atoms with Crippen LogP contribution in [0.3, 0.4) is 0 Å². The number of carbonyl (C=O) groups excluding carboxylic acids is 1. The van der Waals surface area contributed by atoms with E-state index in [-0.39, 0.29) is 12.2 Å². The van der Waals surface area contributed by atoms with Gasteiger partial charge in [-0.3, -0.25) is 4.79 Å². The molecular formula is C12H15NO2. The molecule has 0 fully saturated rings. The molecule has 0 amide bonds. The summed E-state index contributed by atoms with van der Waals surface area (Å²) >= 11 is 0. The zero-order valence-corrected chi connectivity index (χ0v) is 8.52. The smallest absolute Gasteiger partial charge is 0.183 e. The average Bonchev–Trinajstić information content (AvgIpc) is 2.28. The van der Waals surface area contributed by atoms with E-state index >= 15 is 0 Å². The van der Waals surface area contributed by atoms with Crippen LogP contribution in [0, 0.1) is 0 Å². The molecule has 1 rings (SSSR count). The lowest BCUT2D eigenvalue weighted by Crippen LogP contribution is -2.21. The van der Waals surface area contributed by atoms with Crippen molar-refractivity contribution in [3.05, 3.63) is 48.0 Å². The summed E-state index contributed by atoms with van der Waals surface area (Å²) in [6, 6.07) is 7.50. The fourth-order valence-electron chi connectivity index (χ4n) is 1.40. The number of aliphatic hydroxyl groups excluding tert-OH is 1. The summed E-state index contributed by atoms with van der Waals surface area (Å²) in [5, 5.41) is 9.53. The Morgan fingerprint density at radius 3 is 2.60 bits per heavy atom. The molecule has 80 valence electrons. The van der Waals surface area contributed by atoms with Crippen molar-refractivity contribution in [2.75, 3.05) is 0 Å². The lowest BCUT2D eigenvalue weighted by Gasteiger charge is -2.10. The number of aliphatic hydroxyl groups is 1. The minimum atomic E-state index is -1.02. The summed E-state index contributed by atoms with van der Waals surface area (Å²) in [6.45, 7) is 3.74. The van der Waals surface area contributed by atoms with Crippen molar-refractivity contribution in [2.24, 2.45) is 5.73 Å². The molecule has 0 bridgehead atoms. The summed E-state index contributed by atoms with van der Waals surface area (Å²) < 4.78 is 0. The molecule has 0 radical (unpaired) electrons. The van der Waals surface area contributed by atoms with Crippen LogP contribution in [0.4, 0.5) is 0 Å². The fraction of sp³-hybridized carbons (Fsp3) is 0.250. The number of hydrogen-bond donors (Lipinski definition) is 2. The van der Waals surface area contributed by atoms with Gasteiger partial charge in [0, 0.05) is 13.0 Å². The molecular weight excluding hydrogens is 190 g/mol. The minimum Gasteiger partial charge on any atom is -0.385 e. The van der Waals surface area contributed by atoms with Gasteiger partial charge in [-0.15, -0.1) is 0 Å². The Hall–Kier alpha value is -1.45. The van der Waals surface area contributed by atoms with Crippen molar-refractivity contribution >= 4 is 5.78 Å². The summed E-state index contributed by atoms with van der Waals surface area (Å²) in [5.74, 6) is -0.359. The van der Waals surface area contributed by atoms with E-state index in [9.17, 15) is 9.90 Å². The van der Waals surface area contributed by atoms with Gasteiger partial charge in [0.2, 0.25) is 0 Å². The van der Waals surface area contributed by atoms with Crippen LogP contribution in [0.1, 0.15) is 11.1 Å². The van der Waals surface area contributed by atoms with Crippen molar-refractivity contribution in [1.82, 2.24) is 0 Å². The monoisotopic (exact) mass is 205 g/mol. The van der Waals surface area contributed by atoms with Crippen LogP contribution in [0.25, 0.3) is 0 Å². The highest BCUT2D eigenvalue weighted by atomic mass is 16.3. The van der Waals surface area contributed by atoms with Crippen molar-refractivity contribution in [3.8, 4) is 0 Å². The Morgan fingerprint density at radius 2 is 2.07 bits per heavy atom. The third-order valence-corrected chi connectivity index (χ3v) is 2.28. The summed E-state index contributed by atoms with van der Waals surface area (Å²) in [4.78, 5) is 11.1. The van der Waals surface area contributed by atoms with Gasteiger partial charge >= 0.3 is 0 Å². The van der Waals surface area contributed by atoms with Crippen molar-refractivity contribution in [3.63, 3.8) is 0 Å². The van der Waals surface area contributed by atoms with Crippen LogP contribution >= 0.6 is 0 Å². The first kappa shape index (κ1) is 11.6. The fourth-order valence-corrected chi connectivity index (χ4v) is 1.40. The van der Waals surface area contributed by atoms with Gasteiger partial charge in [-0.2, -0.15) is 0 Å². The molecule has 3 heteroatoms. The molecule has 0 aromatic heterocycles. The van der Waals surface area contributed by atoms with Gasteiger partial charge in [0.05, 0.1) is 0 Å². The quantitative estimate of drug-likeness (QED) is 0.699. The van der Waals surface area contributed by atoms with E-state index < -0.39 is 6.10 Å². The third-order valence-electron chi connectivity index (χ3n) is 2.28. The van der Waals surface area contributed by atoms with E-state index in [1.807, 2.05) is 24.3 Å². The molecule has 15 heavy (non-hydrogen) atoms. The molecule has 1 atom stereocenters. The zero-order chi connectivity index (χ0) is 11.3. The van der Waals surface area contributed by atoms with Crippen LogP contribution in [-0.4, -0.2) is 17.0 Å². The molecule has 3 N–H and O–H groups in total. The van der Waals surface area contributed by atoms with E-state index in [2.05, 4.69) is 6.58 Å². The van der Waals surface area contributed by atoms with Gasteiger partial charge in [-0.25, -0.2) is 0 Å². The molecule has 0 aliphatic carbocycles. The zero-order valence-electron chi connectivity index (χ0n) is 8.52. The SMILES string of the molecule is C=CC(=O)C(O)Cc1ccccc1CN. The van der Waals surface area contributed by atoms with Gasteiger partial charge in [0.25, 0.3) is 0 Å². The molecule has 0 heterocycles. The molecule has 1 aromatic rings. The second-order valence-corrected chi connectivity index (χ2v) is 3.30. The Morgan fingerprint density at radius 1 is 1.47 bits per heavy atom. The van der Waals surface area contributed by atoms with Crippen LogP contribution < -0.4 is 5.73 Å². The minimum absolute atomic E-state index is 0.290. The molecule has 0 aliphatic rings. The van der Waals surface area contributed by atoms with Crippen molar-refractivity contribution in [1.29, 1.82) is 0 Å². The Bertz CT molecular complexity index is 360. The van der Waals surface area contributed by atoms with Crippen molar-refractivity contribution < 1.29 is 9.90 Å². The predicted molar refractivity (Wildman–Crippen MR) is 59.2 cm³/mol. The summed E-state index contributed by atoms with van der Waals surface area (Å²) in [7, 11) is 0. The van der Waals surface area contributed by atoms with E-state index in [1.54, 1.807) is 0 Å². The molecule has 0 saturated carbocycles. The first-order chi connectivity index (χ1) is 7.19. The van der Waals surface area contributed by atoms with Gasteiger partial charge in [0.15, 0.2) is 5.78 Å². The number of hydrogen-bond acceptors (Lipinski definition) is 3. The molecule has 1 unspecified atom stereocenters. The maximum absolute atomic E-state index is 11.1. The topological polar surface area (TPSA) is 63.3 Å². The maximum atomic E-state index is 11.1. The van der Waals surface area contributed by atoms with Crippen LogP contribution in [0.5, 0.6) is 0 Å². The van der Waals surface area contributed by atoms with E-state index in [1.165, 1.54) is 0 Å². The Labute approximate surface area is 89.2 Å². The third kappa shape index (κ3) is 3.01. The highest BCUT2D eigenvalue weighted by Crippen LogP contribution is 2.11. The molecule has 0 aliphatic heterocycles. The van der Waals surface area contributed by atoms with Gasteiger partial charge in [-0.1, -0.05) is 30.8 Å². The van der Waals surface area contributed by atoms with E-state index in [4.69, 9.17) is 5.73 Å². The van der Waals surface area contributed by atoms with Crippen LogP contribution in [0.2, 0.25) is 0 Å². The number of carbonyl (C=O) groups is 1. The highest BCUT2D eigenvalue weighted by molar-refractivity contribution is 5.93. The summed E-state index contributed by atoms with van der Waals surface area (Å²) in [6.07, 6.45) is 0.406. The highest BCUT2D eigenvalue weighted by Gasteiger charge is 2.13. The predicted octanol–water partition coefficient (Wildman–Crippen LogP) is 0.804. The van der Waals surface area contributed by atoms with E-state index in [0.717, 1.165) is 17.2 Å². The van der Waals surface area contributed by atoms with Crippen LogP contribution in [-0.2, 0) is 17.8 Å². The van der Waals surface area contributed by atoms with Gasteiger partial charge in [-0.05, 0) is 17.2 Å². The Kier molecular flexibility index (Phi) is 4.21. The summed E-state index contributed by atoms with van der Waals surface area (Å²) in [5.41, 5.74) is 7.41. The molecule has 1 aromatic carbocycles. The van der Waals surface area contributed by atoms with Crippen LogP contribution in [0.15, 0.2) is 36.9 Å².